The summed E-state index contributed by atoms with van der Waals surface area (Å²) in [6.45, 7) is 12.0. The molecule has 2 nitrogen and oxygen atoms in total. The van der Waals surface area contributed by atoms with Crippen LogP contribution in [-0.2, 0) is 0 Å². The van der Waals surface area contributed by atoms with E-state index in [4.69, 9.17) is 0 Å². The summed E-state index contributed by atoms with van der Waals surface area (Å²) in [6.07, 6.45) is 5.19. The van der Waals surface area contributed by atoms with Gasteiger partial charge in [0.25, 0.3) is 0 Å². The lowest BCUT2D eigenvalue weighted by atomic mass is 9.82. The third-order valence-electron chi connectivity index (χ3n) is 3.18. The number of pyridine rings is 1. The van der Waals surface area contributed by atoms with Gasteiger partial charge in [0, 0.05) is 12.2 Å². The van der Waals surface area contributed by atoms with Gasteiger partial charge in [-0.3, -0.25) is 4.98 Å². The van der Waals surface area contributed by atoms with Crippen LogP contribution in [0.15, 0.2) is 18.5 Å². The molecule has 0 amide bonds. The molecule has 2 atom stereocenters. The van der Waals surface area contributed by atoms with Crippen LogP contribution < -0.4 is 5.32 Å². The fraction of sp³-hybridized carbons (Fsp3) is 0.688. The molecule has 1 rings (SSSR count). The maximum atomic E-state index is 13.3. The second kappa shape index (κ2) is 6.99. The first kappa shape index (κ1) is 16.1. The van der Waals surface area contributed by atoms with Crippen LogP contribution in [0.2, 0.25) is 0 Å². The van der Waals surface area contributed by atoms with Gasteiger partial charge in [-0.2, -0.15) is 0 Å². The zero-order valence-corrected chi connectivity index (χ0v) is 12.8. The number of nitrogens with one attached hydrogen (secondary N) is 1. The van der Waals surface area contributed by atoms with Gasteiger partial charge in [-0.15, -0.1) is 0 Å². The van der Waals surface area contributed by atoms with Crippen molar-refractivity contribution in [3.05, 3.63) is 29.8 Å². The van der Waals surface area contributed by atoms with Crippen molar-refractivity contribution in [1.29, 1.82) is 0 Å². The van der Waals surface area contributed by atoms with Crippen molar-refractivity contribution >= 4 is 0 Å². The van der Waals surface area contributed by atoms with Crippen LogP contribution in [0.5, 0.6) is 0 Å². The fourth-order valence-electron chi connectivity index (χ4n) is 2.73. The zero-order chi connectivity index (χ0) is 14.5. The summed E-state index contributed by atoms with van der Waals surface area (Å²) in [6, 6.07) is 1.77. The van der Waals surface area contributed by atoms with E-state index in [1.165, 1.54) is 6.20 Å². The van der Waals surface area contributed by atoms with Gasteiger partial charge in [-0.1, -0.05) is 34.6 Å². The van der Waals surface area contributed by atoms with E-state index in [-0.39, 0.29) is 11.9 Å². The third-order valence-corrected chi connectivity index (χ3v) is 3.18. The van der Waals surface area contributed by atoms with Crippen molar-refractivity contribution < 1.29 is 4.39 Å². The molecule has 0 bridgehead atoms. The number of hydrogen-bond donors (Lipinski definition) is 1. The third kappa shape index (κ3) is 6.15. The predicted octanol–water partition coefficient (Wildman–Crippen LogP) is 4.33. The molecular weight excluding hydrogens is 239 g/mol. The maximum absolute atomic E-state index is 13.3. The minimum Gasteiger partial charge on any atom is -0.310 e. The number of aromatic nitrogens is 1. The average molecular weight is 266 g/mol. The molecule has 108 valence electrons. The molecule has 0 aliphatic rings. The number of halogens is 1. The van der Waals surface area contributed by atoms with Crippen LogP contribution in [0.3, 0.4) is 0 Å². The molecule has 0 aliphatic heterocycles. The van der Waals surface area contributed by atoms with E-state index in [0.717, 1.165) is 24.9 Å². The topological polar surface area (TPSA) is 24.9 Å². The van der Waals surface area contributed by atoms with E-state index in [9.17, 15) is 4.39 Å². The maximum Gasteiger partial charge on any atom is 0.141 e. The first-order valence-electron chi connectivity index (χ1n) is 7.15. The van der Waals surface area contributed by atoms with Crippen molar-refractivity contribution in [2.45, 2.75) is 53.5 Å². The summed E-state index contributed by atoms with van der Waals surface area (Å²) in [5.41, 5.74) is 1.28. The lowest BCUT2D eigenvalue weighted by Gasteiger charge is -2.27. The minimum atomic E-state index is -0.260. The van der Waals surface area contributed by atoms with Crippen LogP contribution in [0, 0.1) is 17.2 Å². The molecule has 0 fully saturated rings. The summed E-state index contributed by atoms with van der Waals surface area (Å²) in [4.78, 5) is 3.95. The Bertz CT molecular complexity index is 385. The van der Waals surface area contributed by atoms with Gasteiger partial charge in [-0.25, -0.2) is 4.39 Å². The van der Waals surface area contributed by atoms with Crippen LogP contribution in [-0.4, -0.2) is 11.5 Å². The Morgan fingerprint density at radius 2 is 2.00 bits per heavy atom. The summed E-state index contributed by atoms with van der Waals surface area (Å²) in [7, 11) is 0. The minimum absolute atomic E-state index is 0.186. The van der Waals surface area contributed by atoms with Crippen LogP contribution in [0.1, 0.15) is 59.1 Å². The molecule has 0 spiro atoms. The Morgan fingerprint density at radius 3 is 2.53 bits per heavy atom. The van der Waals surface area contributed by atoms with E-state index in [1.54, 1.807) is 12.3 Å². The SMILES string of the molecule is CCNC(CC(C)CC(C)(C)C)c1cncc(F)c1. The Hall–Kier alpha value is -0.960. The Balaban J connectivity index is 2.73. The van der Waals surface area contributed by atoms with Gasteiger partial charge in [0.05, 0.1) is 6.20 Å². The molecule has 0 aliphatic carbocycles. The smallest absolute Gasteiger partial charge is 0.141 e. The molecule has 3 heteroatoms. The summed E-state index contributed by atoms with van der Waals surface area (Å²) >= 11 is 0. The predicted molar refractivity (Wildman–Crippen MR) is 78.5 cm³/mol. The molecular formula is C16H27FN2. The highest BCUT2D eigenvalue weighted by molar-refractivity contribution is 5.15. The summed E-state index contributed by atoms with van der Waals surface area (Å²) in [5.74, 6) is 0.330. The van der Waals surface area contributed by atoms with E-state index >= 15 is 0 Å². The molecule has 1 N–H and O–H groups in total. The van der Waals surface area contributed by atoms with Crippen molar-refractivity contribution in [3.8, 4) is 0 Å². The average Bonchev–Trinajstić information content (AvgIpc) is 2.26. The monoisotopic (exact) mass is 266 g/mol. The highest BCUT2D eigenvalue weighted by atomic mass is 19.1. The van der Waals surface area contributed by atoms with E-state index in [2.05, 4.69) is 44.9 Å². The summed E-state index contributed by atoms with van der Waals surface area (Å²) in [5, 5.41) is 3.44. The molecule has 0 aromatic carbocycles. The van der Waals surface area contributed by atoms with E-state index in [1.807, 2.05) is 0 Å². The van der Waals surface area contributed by atoms with Gasteiger partial charge in [0.2, 0.25) is 0 Å². The lowest BCUT2D eigenvalue weighted by molar-refractivity contribution is 0.276. The molecule has 0 saturated carbocycles. The highest BCUT2D eigenvalue weighted by Crippen LogP contribution is 2.30. The van der Waals surface area contributed by atoms with Crippen LogP contribution in [0.25, 0.3) is 0 Å². The van der Waals surface area contributed by atoms with E-state index < -0.39 is 0 Å². The van der Waals surface area contributed by atoms with Crippen molar-refractivity contribution in [3.63, 3.8) is 0 Å². The fourth-order valence-corrected chi connectivity index (χ4v) is 2.73. The Labute approximate surface area is 116 Å². The normalized spacial score (nSPS) is 15.3. The number of hydrogen-bond acceptors (Lipinski definition) is 2. The molecule has 19 heavy (non-hydrogen) atoms. The van der Waals surface area contributed by atoms with Crippen molar-refractivity contribution in [2.75, 3.05) is 6.54 Å². The van der Waals surface area contributed by atoms with Crippen molar-refractivity contribution in [2.24, 2.45) is 11.3 Å². The Morgan fingerprint density at radius 1 is 1.32 bits per heavy atom. The van der Waals surface area contributed by atoms with Crippen LogP contribution >= 0.6 is 0 Å². The molecule has 1 heterocycles. The molecule has 0 saturated heterocycles. The second-order valence-electron chi connectivity index (χ2n) is 6.65. The van der Waals surface area contributed by atoms with Gasteiger partial charge < -0.3 is 5.32 Å². The molecule has 1 aromatic rings. The van der Waals surface area contributed by atoms with Gasteiger partial charge in [0.1, 0.15) is 5.82 Å². The largest absolute Gasteiger partial charge is 0.310 e. The zero-order valence-electron chi connectivity index (χ0n) is 12.8. The molecule has 0 radical (unpaired) electrons. The van der Waals surface area contributed by atoms with Gasteiger partial charge in [-0.05, 0) is 42.3 Å². The highest BCUT2D eigenvalue weighted by Gasteiger charge is 2.20. The second-order valence-corrected chi connectivity index (χ2v) is 6.65. The lowest BCUT2D eigenvalue weighted by Crippen LogP contribution is -2.24. The van der Waals surface area contributed by atoms with E-state index in [0.29, 0.717) is 11.3 Å². The quantitative estimate of drug-likeness (QED) is 0.828. The Kier molecular flexibility index (Phi) is 5.92. The summed E-state index contributed by atoms with van der Waals surface area (Å²) < 4.78 is 13.3. The molecule has 2 unspecified atom stereocenters. The standard InChI is InChI=1S/C16H27FN2/c1-6-19-15(7-12(2)9-16(3,4)5)13-8-14(17)11-18-10-13/h8,10-12,15,19H,6-7,9H2,1-5H3. The molecule has 1 aromatic heterocycles. The number of nitrogens with zero attached hydrogens (tertiary/aromatic N) is 1. The van der Waals surface area contributed by atoms with Gasteiger partial charge in [0.15, 0.2) is 0 Å². The van der Waals surface area contributed by atoms with Crippen LogP contribution in [0.4, 0.5) is 4.39 Å². The van der Waals surface area contributed by atoms with Crippen molar-refractivity contribution in [1.82, 2.24) is 10.3 Å². The first-order chi connectivity index (χ1) is 8.81. The van der Waals surface area contributed by atoms with Gasteiger partial charge >= 0.3 is 0 Å². The number of rotatable bonds is 6. The first-order valence-corrected chi connectivity index (χ1v) is 7.15.